The van der Waals surface area contributed by atoms with Gasteiger partial charge in [0.15, 0.2) is 0 Å². The average molecular weight is 1070 g/mol. The Hall–Kier alpha value is -3.56. The van der Waals surface area contributed by atoms with Crippen molar-refractivity contribution in [3.63, 3.8) is 0 Å². The molecule has 0 N–H and O–H groups in total. The molecule has 5 aromatic carbocycles. The van der Waals surface area contributed by atoms with Crippen LogP contribution in [0.25, 0.3) is 0 Å². The van der Waals surface area contributed by atoms with Gasteiger partial charge in [0.05, 0.1) is 89.0 Å². The maximum absolute atomic E-state index is 7.50. The highest BCUT2D eigenvalue weighted by Gasteiger charge is 2.57. The van der Waals surface area contributed by atoms with Gasteiger partial charge in [-0.15, -0.1) is 0 Å². The molecule has 3 fully saturated rings. The lowest BCUT2D eigenvalue weighted by atomic mass is 9.79. The minimum atomic E-state index is -0.829. The minimum Gasteiger partial charge on any atom is -0.374 e. The number of halogens is 2. The van der Waals surface area contributed by atoms with Crippen LogP contribution in [0.1, 0.15) is 73.8 Å². The van der Waals surface area contributed by atoms with Crippen LogP contribution in [0, 0.1) is 5.92 Å². The summed E-state index contributed by atoms with van der Waals surface area (Å²) in [6.45, 7) is 7.50. The molecule has 0 spiro atoms. The van der Waals surface area contributed by atoms with Gasteiger partial charge in [-0.3, -0.25) is 0 Å². The van der Waals surface area contributed by atoms with Crippen LogP contribution in [0.15, 0.2) is 161 Å². The summed E-state index contributed by atoms with van der Waals surface area (Å²) in [6.07, 6.45) is 4.52. The first kappa shape index (κ1) is 50.4. The SMILES string of the molecule is C[C@@H]1C[C@H](OCc2ccc(Br)cc2)[C@@H](COCc2ccc(Br)cc2)O[C@H]2C[C@H]3O[C@H]4/C=C\C[C@@H](OCc5ccccc5)[C@H](COCc5ccccc5)O[C@@H]4C[C@@H](OCc4ccccc4)[C@]3(C)O[C@@H]2C1. The lowest BCUT2D eigenvalue weighted by Gasteiger charge is -2.52. The summed E-state index contributed by atoms with van der Waals surface area (Å²) >= 11 is 7.14. The van der Waals surface area contributed by atoms with Gasteiger partial charge in [-0.25, -0.2) is 0 Å². The van der Waals surface area contributed by atoms with E-state index in [1.165, 1.54) is 0 Å². The third-order valence-electron chi connectivity index (χ3n) is 14.0. The van der Waals surface area contributed by atoms with Gasteiger partial charge in [-0.05, 0) is 84.2 Å². The predicted octanol–water partition coefficient (Wildman–Crippen LogP) is 12.3. The van der Waals surface area contributed by atoms with Crippen molar-refractivity contribution in [3.8, 4) is 0 Å². The van der Waals surface area contributed by atoms with Crippen molar-refractivity contribution in [1.82, 2.24) is 0 Å². The van der Waals surface area contributed by atoms with Gasteiger partial charge in [0, 0.05) is 21.8 Å². The van der Waals surface area contributed by atoms with Gasteiger partial charge in [0.1, 0.15) is 23.9 Å². The molecule has 4 heterocycles. The summed E-state index contributed by atoms with van der Waals surface area (Å²) in [7, 11) is 0. The van der Waals surface area contributed by atoms with Crippen LogP contribution in [-0.4, -0.2) is 79.9 Å². The van der Waals surface area contributed by atoms with E-state index in [1.54, 1.807) is 0 Å². The van der Waals surface area contributed by atoms with E-state index in [0.29, 0.717) is 65.5 Å². The van der Waals surface area contributed by atoms with E-state index in [9.17, 15) is 0 Å². The smallest absolute Gasteiger partial charge is 0.118 e. The second-order valence-electron chi connectivity index (χ2n) is 19.3. The van der Waals surface area contributed by atoms with Crippen molar-refractivity contribution in [2.75, 3.05) is 13.2 Å². The van der Waals surface area contributed by atoms with E-state index in [0.717, 1.165) is 49.6 Å². The molecule has 9 rings (SSSR count). The second-order valence-corrected chi connectivity index (χ2v) is 21.1. The number of hydrogen-bond acceptors (Lipinski definition) is 9. The molecule has 12 atom stereocenters. The highest BCUT2D eigenvalue weighted by Crippen LogP contribution is 2.46. The minimum absolute atomic E-state index is 0.204. The normalized spacial score (nSPS) is 30.8. The Labute approximate surface area is 425 Å². The van der Waals surface area contributed by atoms with Crippen molar-refractivity contribution in [3.05, 3.63) is 188 Å². The van der Waals surface area contributed by atoms with Gasteiger partial charge in [0.25, 0.3) is 0 Å². The number of hydrogen-bond donors (Lipinski definition) is 0. The maximum Gasteiger partial charge on any atom is 0.118 e. The molecule has 366 valence electrons. The Morgan fingerprint density at radius 3 is 1.59 bits per heavy atom. The third-order valence-corrected chi connectivity index (χ3v) is 15.1. The number of ether oxygens (including phenoxy) is 9. The zero-order valence-corrected chi connectivity index (χ0v) is 42.9. The van der Waals surface area contributed by atoms with Crippen molar-refractivity contribution in [2.24, 2.45) is 5.92 Å². The molecule has 0 saturated carbocycles. The zero-order chi connectivity index (χ0) is 47.4. The molecule has 0 bridgehead atoms. The first-order chi connectivity index (χ1) is 33.7. The monoisotopic (exact) mass is 1060 g/mol. The summed E-state index contributed by atoms with van der Waals surface area (Å²) in [6, 6.07) is 47.5. The van der Waals surface area contributed by atoms with E-state index >= 15 is 0 Å². The quantitative estimate of drug-likeness (QED) is 0.0846. The molecular weight excluding hydrogens is 1000 g/mol. The topological polar surface area (TPSA) is 83.1 Å². The van der Waals surface area contributed by atoms with Gasteiger partial charge < -0.3 is 42.6 Å². The van der Waals surface area contributed by atoms with Crippen LogP contribution >= 0.6 is 31.9 Å². The van der Waals surface area contributed by atoms with Crippen molar-refractivity contribution in [1.29, 1.82) is 0 Å². The highest BCUT2D eigenvalue weighted by atomic mass is 79.9. The average Bonchev–Trinajstić information content (AvgIpc) is 3.46. The maximum atomic E-state index is 7.50. The van der Waals surface area contributed by atoms with E-state index in [2.05, 4.69) is 143 Å². The zero-order valence-electron chi connectivity index (χ0n) is 39.7. The van der Waals surface area contributed by atoms with Crippen LogP contribution in [-0.2, 0) is 75.7 Å². The molecule has 0 radical (unpaired) electrons. The molecule has 11 heteroatoms. The molecule has 5 aromatic rings. The van der Waals surface area contributed by atoms with Gasteiger partial charge in [-0.1, -0.05) is 166 Å². The molecule has 3 saturated heterocycles. The largest absolute Gasteiger partial charge is 0.374 e. The van der Waals surface area contributed by atoms with Crippen molar-refractivity contribution >= 4 is 31.9 Å². The van der Waals surface area contributed by atoms with E-state index in [4.69, 9.17) is 42.6 Å². The third kappa shape index (κ3) is 13.9. The van der Waals surface area contributed by atoms with Gasteiger partial charge in [0.2, 0.25) is 0 Å². The van der Waals surface area contributed by atoms with Crippen LogP contribution in [0.4, 0.5) is 0 Å². The molecule has 0 aromatic heterocycles. The Morgan fingerprint density at radius 2 is 1.00 bits per heavy atom. The fraction of sp³-hybridized carbons (Fsp3) is 0.448. The van der Waals surface area contributed by atoms with Crippen LogP contribution in [0.5, 0.6) is 0 Å². The van der Waals surface area contributed by atoms with Crippen molar-refractivity contribution < 1.29 is 42.6 Å². The predicted molar refractivity (Wildman–Crippen MR) is 273 cm³/mol. The summed E-state index contributed by atoms with van der Waals surface area (Å²) in [5, 5.41) is 0. The Kier molecular flexibility index (Phi) is 18.0. The second kappa shape index (κ2) is 24.7. The number of rotatable bonds is 17. The Morgan fingerprint density at radius 1 is 0.507 bits per heavy atom. The summed E-state index contributed by atoms with van der Waals surface area (Å²) in [5.41, 5.74) is 4.68. The van der Waals surface area contributed by atoms with E-state index < -0.39 is 5.60 Å². The molecule has 4 aliphatic rings. The summed E-state index contributed by atoms with van der Waals surface area (Å²) < 4.78 is 65.0. The lowest BCUT2D eigenvalue weighted by Crippen LogP contribution is -2.63. The summed E-state index contributed by atoms with van der Waals surface area (Å²) in [4.78, 5) is 0. The molecular formula is C58H66Br2O9. The van der Waals surface area contributed by atoms with Crippen LogP contribution in [0.3, 0.4) is 0 Å². The van der Waals surface area contributed by atoms with Crippen molar-refractivity contribution in [2.45, 2.75) is 146 Å². The molecule has 9 nitrogen and oxygen atoms in total. The molecule has 4 aliphatic heterocycles. The Bertz CT molecular complexity index is 2320. The molecule has 0 unspecified atom stereocenters. The van der Waals surface area contributed by atoms with Gasteiger partial charge >= 0.3 is 0 Å². The number of fused-ring (bicyclic) bond motifs is 3. The molecule has 0 aliphatic carbocycles. The van der Waals surface area contributed by atoms with Gasteiger partial charge in [-0.2, -0.15) is 0 Å². The fourth-order valence-corrected chi connectivity index (χ4v) is 10.7. The standard InChI is InChI=1S/C58H66Br2O9/c1-40-29-50(64-36-45-23-27-47(60)28-24-45)55(39-62-34-44-21-25-46(59)26-22-44)67-52-32-57-58(2,69-53(52)30-40)56(65-37-43-17-10-5-11-18-43)31-51-49(68-57)20-12-19-48(63-35-42-15-8-4-9-16-42)54(66-51)38-61-33-41-13-6-3-7-14-41/h3-18,20-28,40,48-57H,19,29-39H2,1-2H3/b20-12-/t40-,48-,49+,50+,51-,52+,53-,54+,55-,56-,57-,58+/m1/s1. The van der Waals surface area contributed by atoms with E-state index in [1.807, 2.05) is 54.6 Å². The summed E-state index contributed by atoms with van der Waals surface area (Å²) in [5.74, 6) is 0.270. The first-order valence-corrected chi connectivity index (χ1v) is 26.2. The highest BCUT2D eigenvalue weighted by molar-refractivity contribution is 9.10. The number of benzene rings is 5. The molecule has 0 amide bonds. The Balaban J connectivity index is 0.985. The van der Waals surface area contributed by atoms with Crippen LogP contribution < -0.4 is 0 Å². The fourth-order valence-electron chi connectivity index (χ4n) is 10.2. The first-order valence-electron chi connectivity index (χ1n) is 24.7. The van der Waals surface area contributed by atoms with E-state index in [-0.39, 0.29) is 67.0 Å². The molecule has 69 heavy (non-hydrogen) atoms. The van der Waals surface area contributed by atoms with Crippen LogP contribution in [0.2, 0.25) is 0 Å². The lowest BCUT2D eigenvalue weighted by molar-refractivity contribution is -0.292.